The number of nitrogens with zero attached hydrogens (tertiary/aromatic N) is 1. The monoisotopic (exact) mass is 424 g/mol. The highest BCUT2D eigenvalue weighted by Crippen LogP contribution is 2.21. The van der Waals surface area contributed by atoms with Crippen LogP contribution in [-0.4, -0.2) is 9.55 Å². The molecule has 0 amide bonds. The van der Waals surface area contributed by atoms with Crippen molar-refractivity contribution in [1.82, 2.24) is 9.55 Å². The summed E-state index contributed by atoms with van der Waals surface area (Å²) in [4.78, 5) is 27.1. The smallest absolute Gasteiger partial charge is 0.297 e. The molecule has 0 aliphatic heterocycles. The number of aromatic amines is 1. The second-order valence-electron chi connectivity index (χ2n) is 4.55. The van der Waals surface area contributed by atoms with E-state index in [1.807, 2.05) is 36.4 Å². The second-order valence-corrected chi connectivity index (χ2v) is 6.53. The molecular weight excluding hydrogens is 414 g/mol. The van der Waals surface area contributed by atoms with E-state index in [4.69, 9.17) is 23.2 Å². The van der Waals surface area contributed by atoms with Crippen molar-refractivity contribution in [3.05, 3.63) is 58.3 Å². The minimum Gasteiger partial charge on any atom is -0.297 e. The van der Waals surface area contributed by atoms with Gasteiger partial charge in [0.25, 0.3) is 5.56 Å². The summed E-state index contributed by atoms with van der Waals surface area (Å²) in [5, 5.41) is 0.635. The topological polar surface area (TPSA) is 54.9 Å². The third-order valence-corrected chi connectivity index (χ3v) is 4.21. The molecule has 0 bridgehead atoms. The number of H-pyrrole nitrogens is 1. The molecule has 0 atom stereocenters. The van der Waals surface area contributed by atoms with Gasteiger partial charge in [-0.3, -0.25) is 9.78 Å². The lowest BCUT2D eigenvalue weighted by molar-refractivity contribution is 0.776. The Hall–Kier alpha value is -0.790. The van der Waals surface area contributed by atoms with Crippen molar-refractivity contribution in [3.63, 3.8) is 0 Å². The predicted molar refractivity (Wildman–Crippen MR) is 89.5 cm³/mol. The van der Waals surface area contributed by atoms with Gasteiger partial charge in [0.2, 0.25) is 0 Å². The number of halogens is 3. The molecule has 0 unspecified atom stereocenters. The SMILES string of the molecule is CC(C)c1c(Cl)[nH]c(=O)n(-c2ccc(Cl)cc2I)c1=O. The second kappa shape index (κ2) is 5.91. The maximum Gasteiger partial charge on any atom is 0.334 e. The minimum absolute atomic E-state index is 0.0928. The average Bonchev–Trinajstić information content (AvgIpc) is 2.30. The largest absolute Gasteiger partial charge is 0.334 e. The summed E-state index contributed by atoms with van der Waals surface area (Å²) in [5.41, 5.74) is -0.101. The molecule has 0 saturated heterocycles. The molecule has 4 nitrogen and oxygen atoms in total. The molecule has 0 aliphatic carbocycles. The summed E-state index contributed by atoms with van der Waals surface area (Å²) in [6.07, 6.45) is 0. The molecule has 1 heterocycles. The third kappa shape index (κ3) is 2.80. The van der Waals surface area contributed by atoms with Gasteiger partial charge in [-0.2, -0.15) is 0 Å². The van der Waals surface area contributed by atoms with E-state index in [9.17, 15) is 9.59 Å². The number of rotatable bonds is 2. The van der Waals surface area contributed by atoms with Crippen LogP contribution in [0.2, 0.25) is 10.2 Å². The lowest BCUT2D eigenvalue weighted by Crippen LogP contribution is -2.37. The molecule has 106 valence electrons. The minimum atomic E-state index is -0.565. The van der Waals surface area contributed by atoms with E-state index in [2.05, 4.69) is 4.98 Å². The number of hydrogen-bond donors (Lipinski definition) is 1. The van der Waals surface area contributed by atoms with Crippen molar-refractivity contribution in [2.24, 2.45) is 0 Å². The highest BCUT2D eigenvalue weighted by molar-refractivity contribution is 14.1. The average molecular weight is 425 g/mol. The first-order chi connectivity index (χ1) is 9.32. The maximum absolute atomic E-state index is 12.5. The van der Waals surface area contributed by atoms with Crippen LogP contribution in [0, 0.1) is 3.57 Å². The van der Waals surface area contributed by atoms with Crippen molar-refractivity contribution in [2.75, 3.05) is 0 Å². The van der Waals surface area contributed by atoms with Gasteiger partial charge in [0, 0.05) is 8.59 Å². The van der Waals surface area contributed by atoms with Crippen LogP contribution < -0.4 is 11.2 Å². The molecule has 2 aromatic rings. The van der Waals surface area contributed by atoms with E-state index in [1.54, 1.807) is 18.2 Å². The van der Waals surface area contributed by atoms with Crippen molar-refractivity contribution in [3.8, 4) is 5.69 Å². The summed E-state index contributed by atoms with van der Waals surface area (Å²) in [6.45, 7) is 3.69. The van der Waals surface area contributed by atoms with E-state index in [0.29, 0.717) is 19.8 Å². The van der Waals surface area contributed by atoms with Gasteiger partial charge >= 0.3 is 5.69 Å². The zero-order valence-corrected chi connectivity index (χ0v) is 14.4. The summed E-state index contributed by atoms with van der Waals surface area (Å²) < 4.78 is 1.79. The lowest BCUT2D eigenvalue weighted by atomic mass is 10.1. The number of benzene rings is 1. The molecule has 1 aromatic heterocycles. The van der Waals surface area contributed by atoms with E-state index in [0.717, 1.165) is 4.57 Å². The first kappa shape index (κ1) is 15.6. The van der Waals surface area contributed by atoms with Crippen molar-refractivity contribution >= 4 is 45.8 Å². The van der Waals surface area contributed by atoms with E-state index >= 15 is 0 Å². The normalized spacial score (nSPS) is 11.1. The van der Waals surface area contributed by atoms with Crippen LogP contribution in [0.25, 0.3) is 5.69 Å². The Morgan fingerprint density at radius 3 is 2.45 bits per heavy atom. The fraction of sp³-hybridized carbons (Fsp3) is 0.231. The highest BCUT2D eigenvalue weighted by Gasteiger charge is 2.18. The molecule has 0 fully saturated rings. The number of nitrogens with one attached hydrogen (secondary N) is 1. The van der Waals surface area contributed by atoms with E-state index in [1.165, 1.54) is 0 Å². The van der Waals surface area contributed by atoms with Gasteiger partial charge < -0.3 is 0 Å². The van der Waals surface area contributed by atoms with Gasteiger partial charge in [-0.05, 0) is 46.7 Å². The van der Waals surface area contributed by atoms with Gasteiger partial charge in [-0.1, -0.05) is 37.0 Å². The zero-order valence-electron chi connectivity index (χ0n) is 10.7. The fourth-order valence-corrected chi connectivity index (χ4v) is 3.40. The Kier molecular flexibility index (Phi) is 4.61. The molecule has 1 N–H and O–H groups in total. The molecule has 0 radical (unpaired) electrons. The predicted octanol–water partition coefficient (Wildman–Crippen LogP) is 3.56. The highest BCUT2D eigenvalue weighted by atomic mass is 127. The van der Waals surface area contributed by atoms with Crippen LogP contribution in [0.4, 0.5) is 0 Å². The molecule has 7 heteroatoms. The Bertz CT molecular complexity index is 781. The Balaban J connectivity index is 2.85. The summed E-state index contributed by atoms with van der Waals surface area (Å²) in [5.74, 6) is -0.0944. The van der Waals surface area contributed by atoms with Crippen LogP contribution >= 0.6 is 45.8 Å². The summed E-state index contributed by atoms with van der Waals surface area (Å²) >= 11 is 13.9. The lowest BCUT2D eigenvalue weighted by Gasteiger charge is -2.12. The third-order valence-electron chi connectivity index (χ3n) is 2.82. The molecule has 0 saturated carbocycles. The van der Waals surface area contributed by atoms with Crippen molar-refractivity contribution in [2.45, 2.75) is 19.8 Å². The van der Waals surface area contributed by atoms with Crippen LogP contribution in [0.15, 0.2) is 27.8 Å². The van der Waals surface area contributed by atoms with Gasteiger partial charge in [-0.15, -0.1) is 0 Å². The van der Waals surface area contributed by atoms with Gasteiger partial charge in [0.15, 0.2) is 0 Å². The van der Waals surface area contributed by atoms with Crippen molar-refractivity contribution in [1.29, 1.82) is 0 Å². The van der Waals surface area contributed by atoms with Crippen LogP contribution in [0.1, 0.15) is 25.3 Å². The van der Waals surface area contributed by atoms with Gasteiger partial charge in [0.1, 0.15) is 5.15 Å². The van der Waals surface area contributed by atoms with Gasteiger partial charge in [-0.25, -0.2) is 9.36 Å². The standard InChI is InChI=1S/C13H11Cl2IN2O2/c1-6(2)10-11(15)17-13(20)18(12(10)19)9-4-3-7(14)5-8(9)16/h3-6H,1-2H3,(H,17,20). The first-order valence-corrected chi connectivity index (χ1v) is 7.66. The van der Waals surface area contributed by atoms with Crippen LogP contribution in [0.3, 0.4) is 0 Å². The molecular formula is C13H11Cl2IN2O2. The Morgan fingerprint density at radius 1 is 1.25 bits per heavy atom. The quantitative estimate of drug-likeness (QED) is 0.591. The van der Waals surface area contributed by atoms with Crippen LogP contribution in [-0.2, 0) is 0 Å². The maximum atomic E-state index is 12.5. The molecule has 1 aromatic carbocycles. The molecule has 20 heavy (non-hydrogen) atoms. The van der Waals surface area contributed by atoms with E-state index < -0.39 is 11.2 Å². The van der Waals surface area contributed by atoms with Gasteiger partial charge in [0.05, 0.1) is 11.3 Å². The number of hydrogen-bond acceptors (Lipinski definition) is 2. The summed E-state index contributed by atoms with van der Waals surface area (Å²) in [6, 6.07) is 4.96. The molecule has 0 aliphatic rings. The first-order valence-electron chi connectivity index (χ1n) is 5.83. The number of aromatic nitrogens is 2. The van der Waals surface area contributed by atoms with E-state index in [-0.39, 0.29) is 11.1 Å². The Morgan fingerprint density at radius 2 is 1.90 bits per heavy atom. The Labute approximate surface area is 138 Å². The molecule has 0 spiro atoms. The fourth-order valence-electron chi connectivity index (χ4n) is 1.91. The molecule has 2 rings (SSSR count). The van der Waals surface area contributed by atoms with Crippen molar-refractivity contribution < 1.29 is 0 Å². The summed E-state index contributed by atoms with van der Waals surface area (Å²) in [7, 11) is 0. The zero-order chi connectivity index (χ0) is 15.0. The van der Waals surface area contributed by atoms with Crippen LogP contribution in [0.5, 0.6) is 0 Å².